The number of benzene rings is 5. The van der Waals surface area contributed by atoms with Crippen molar-refractivity contribution in [2.45, 2.75) is 69.6 Å². The van der Waals surface area contributed by atoms with E-state index in [1.54, 1.807) is 27.9 Å². The molecule has 3 heterocycles. The molecule has 1 fully saturated rings. The number of para-hydroxylation sites is 1. The highest BCUT2D eigenvalue weighted by molar-refractivity contribution is 6.91. The zero-order valence-electron chi connectivity index (χ0n) is 33.9. The van der Waals surface area contributed by atoms with Gasteiger partial charge in [-0.1, -0.05) is 110 Å². The van der Waals surface area contributed by atoms with E-state index >= 15 is 4.79 Å². The molecule has 1 saturated heterocycles. The van der Waals surface area contributed by atoms with Gasteiger partial charge in [-0.3, -0.25) is 19.3 Å². The van der Waals surface area contributed by atoms with Crippen LogP contribution in [0.2, 0.25) is 23.7 Å². The van der Waals surface area contributed by atoms with Crippen molar-refractivity contribution in [1.82, 2.24) is 4.90 Å². The Kier molecular flexibility index (Phi) is 11.3. The van der Waals surface area contributed by atoms with E-state index in [4.69, 9.17) is 21.1 Å². The number of anilines is 3. The van der Waals surface area contributed by atoms with Crippen LogP contribution in [0.3, 0.4) is 0 Å². The smallest absolute Gasteiger partial charge is 0.264 e. The van der Waals surface area contributed by atoms with E-state index in [0.29, 0.717) is 35.7 Å². The highest BCUT2D eigenvalue weighted by Crippen LogP contribution is 2.60. The quantitative estimate of drug-likeness (QED) is 0.128. The molecular formula is C48H50ClN3O6Si. The number of aliphatic hydroxyl groups is 1. The van der Waals surface area contributed by atoms with Crippen LogP contribution in [-0.4, -0.2) is 62.2 Å². The Hall–Kier alpha value is -5.26. The summed E-state index contributed by atoms with van der Waals surface area (Å²) in [6.07, 6.45) is 0.531. The molecule has 59 heavy (non-hydrogen) atoms. The van der Waals surface area contributed by atoms with Gasteiger partial charge in [0.05, 0.1) is 52.2 Å². The monoisotopic (exact) mass is 827 g/mol. The minimum absolute atomic E-state index is 0.0295. The van der Waals surface area contributed by atoms with Gasteiger partial charge in [-0.05, 0) is 77.2 Å². The average molecular weight is 828 g/mol. The molecule has 9 nitrogen and oxygen atoms in total. The lowest BCUT2D eigenvalue weighted by Crippen LogP contribution is -2.52. The third-order valence-electron chi connectivity index (χ3n) is 12.7. The van der Waals surface area contributed by atoms with Crippen molar-refractivity contribution in [3.05, 3.63) is 149 Å². The highest BCUT2D eigenvalue weighted by atomic mass is 35.5. The van der Waals surface area contributed by atoms with E-state index in [1.165, 1.54) is 0 Å². The van der Waals surface area contributed by atoms with Crippen LogP contribution in [0.1, 0.15) is 42.0 Å². The molecule has 0 bridgehead atoms. The summed E-state index contributed by atoms with van der Waals surface area (Å²) in [6.45, 7) is 7.23. The Balaban J connectivity index is 1.17. The van der Waals surface area contributed by atoms with Gasteiger partial charge in [0, 0.05) is 41.7 Å². The number of carbonyl (C=O) groups excluding carboxylic acids is 3. The van der Waals surface area contributed by atoms with Crippen LogP contribution >= 0.6 is 11.6 Å². The number of hydrogen-bond donors (Lipinski definition) is 1. The fraction of sp³-hybridized carbons (Fsp3) is 0.312. The lowest BCUT2D eigenvalue weighted by atomic mass is 9.82. The molecule has 4 atom stereocenters. The molecule has 0 unspecified atom stereocenters. The van der Waals surface area contributed by atoms with E-state index in [9.17, 15) is 14.7 Å². The highest BCUT2D eigenvalue weighted by Gasteiger charge is 2.66. The molecule has 8 rings (SSSR count). The number of hydrogen-bond acceptors (Lipinski definition) is 6. The number of nitrogens with zero attached hydrogens (tertiary/aromatic N) is 3. The van der Waals surface area contributed by atoms with Gasteiger partial charge in [0.2, 0.25) is 11.8 Å². The minimum Gasteiger partial charge on any atom is -0.497 e. The summed E-state index contributed by atoms with van der Waals surface area (Å²) in [5, 5.41) is 11.7. The Bertz CT molecular complexity index is 2370. The molecule has 3 amide bonds. The molecule has 3 aliphatic heterocycles. The Labute approximate surface area is 352 Å². The van der Waals surface area contributed by atoms with Gasteiger partial charge in [-0.25, -0.2) is 0 Å². The first-order valence-corrected chi connectivity index (χ1v) is 23.8. The number of aryl methyl sites for hydroxylation is 1. The van der Waals surface area contributed by atoms with Crippen molar-refractivity contribution in [3.63, 3.8) is 0 Å². The molecule has 0 aromatic heterocycles. The summed E-state index contributed by atoms with van der Waals surface area (Å²) in [4.78, 5) is 48.5. The van der Waals surface area contributed by atoms with Crippen molar-refractivity contribution in [1.29, 1.82) is 0 Å². The van der Waals surface area contributed by atoms with E-state index in [1.807, 2.05) is 97.1 Å². The number of carbonyl (C=O) groups is 3. The van der Waals surface area contributed by atoms with Crippen LogP contribution in [0.25, 0.3) is 0 Å². The van der Waals surface area contributed by atoms with Crippen molar-refractivity contribution < 1.29 is 29.0 Å². The number of ether oxygens (including phenoxy) is 2. The lowest BCUT2D eigenvalue weighted by Gasteiger charge is -2.37. The summed E-state index contributed by atoms with van der Waals surface area (Å²) in [5.74, 6) is 0.0694. The normalized spacial score (nSPS) is 21.2. The summed E-state index contributed by atoms with van der Waals surface area (Å²) in [7, 11) is -0.916. The van der Waals surface area contributed by atoms with Gasteiger partial charge in [-0.2, -0.15) is 0 Å². The first-order chi connectivity index (χ1) is 28.5. The summed E-state index contributed by atoms with van der Waals surface area (Å²) < 4.78 is 12.8. The van der Waals surface area contributed by atoms with Crippen LogP contribution in [0.4, 0.5) is 17.1 Å². The molecule has 11 heteroatoms. The number of methoxy groups -OCH3 is 1. The second-order valence-corrected chi connectivity index (χ2v) is 21.6. The minimum atomic E-state index is -2.56. The average Bonchev–Trinajstić information content (AvgIpc) is 3.66. The first kappa shape index (κ1) is 40.5. The molecule has 1 N–H and O–H groups in total. The van der Waals surface area contributed by atoms with Crippen LogP contribution < -0.4 is 19.7 Å². The standard InChI is InChI=1S/C48H50ClN3O6Si/c1-32-46(59(3,4)39-21-19-38(57-2)20-22-39)43(29-45(55)50(25-26-53)30-33-11-6-5-7-12-33)58-48(32)40-28-36(49)18-23-42(40)51(47(48)56)31-34-13-10-15-37(27-34)52-41-16-9-8-14-35(41)17-24-44(52)54/h5-16,18-23,27-28,32,43,46,53H,17,24-26,29-31H2,1-4H3/t32-,43+,46-,48+/m1/s1. The number of amides is 3. The van der Waals surface area contributed by atoms with Gasteiger partial charge >= 0.3 is 0 Å². The largest absolute Gasteiger partial charge is 0.497 e. The summed E-state index contributed by atoms with van der Waals surface area (Å²) in [6, 6.07) is 39.2. The van der Waals surface area contributed by atoms with Gasteiger partial charge in [0.25, 0.3) is 5.91 Å². The second kappa shape index (κ2) is 16.4. The fourth-order valence-electron chi connectivity index (χ4n) is 9.85. The molecular weight excluding hydrogens is 778 g/mol. The molecule has 1 spiro atoms. The van der Waals surface area contributed by atoms with Crippen molar-refractivity contribution in [2.24, 2.45) is 5.92 Å². The maximum absolute atomic E-state index is 15.5. The zero-order chi connectivity index (χ0) is 41.5. The van der Waals surface area contributed by atoms with E-state index in [-0.39, 0.29) is 55.3 Å². The van der Waals surface area contributed by atoms with Gasteiger partial charge in [0.15, 0.2) is 5.60 Å². The SMILES string of the molecule is COc1ccc([Si](C)(C)[C@H]2[C@H](CC(=O)N(CCO)Cc3ccccc3)O[C@@]3(C(=O)N(Cc4cccc(N5C(=O)CCc6ccccc65)c4)c4ccc(Cl)cc43)[C@@H]2C)cc1. The van der Waals surface area contributed by atoms with Gasteiger partial charge < -0.3 is 24.4 Å². The van der Waals surface area contributed by atoms with Gasteiger partial charge in [0.1, 0.15) is 5.75 Å². The Morgan fingerprint density at radius 3 is 2.37 bits per heavy atom. The molecule has 0 aliphatic carbocycles. The number of aliphatic hydroxyl groups excluding tert-OH is 1. The molecule has 5 aromatic carbocycles. The molecule has 0 saturated carbocycles. The van der Waals surface area contributed by atoms with E-state index < -0.39 is 19.8 Å². The van der Waals surface area contributed by atoms with Crippen LogP contribution in [-0.2, 0) is 44.2 Å². The second-order valence-electron chi connectivity index (χ2n) is 16.5. The van der Waals surface area contributed by atoms with Crippen molar-refractivity contribution in [2.75, 3.05) is 30.1 Å². The third kappa shape index (κ3) is 7.37. The summed E-state index contributed by atoms with van der Waals surface area (Å²) >= 11 is 6.76. The predicted octanol–water partition coefficient (Wildman–Crippen LogP) is 8.13. The van der Waals surface area contributed by atoms with Crippen molar-refractivity contribution >= 4 is 59.6 Å². The topological polar surface area (TPSA) is 99.6 Å². The summed E-state index contributed by atoms with van der Waals surface area (Å²) in [5.41, 5.74) is 4.34. The van der Waals surface area contributed by atoms with E-state index in [2.05, 4.69) is 38.2 Å². The number of halogens is 1. The number of fused-ring (bicyclic) bond motifs is 3. The third-order valence-corrected chi connectivity index (χ3v) is 17.3. The molecule has 5 aromatic rings. The van der Waals surface area contributed by atoms with Crippen LogP contribution in [0, 0.1) is 5.92 Å². The molecule has 304 valence electrons. The maximum atomic E-state index is 15.5. The Morgan fingerprint density at radius 1 is 0.898 bits per heavy atom. The Morgan fingerprint density at radius 2 is 1.63 bits per heavy atom. The molecule has 3 aliphatic rings. The van der Waals surface area contributed by atoms with E-state index in [0.717, 1.165) is 39.0 Å². The van der Waals surface area contributed by atoms with Crippen molar-refractivity contribution in [3.8, 4) is 5.75 Å². The van der Waals surface area contributed by atoms with Crippen LogP contribution in [0.15, 0.2) is 121 Å². The maximum Gasteiger partial charge on any atom is 0.264 e. The number of rotatable bonds is 12. The predicted molar refractivity (Wildman–Crippen MR) is 234 cm³/mol. The molecule has 0 radical (unpaired) electrons. The lowest BCUT2D eigenvalue weighted by molar-refractivity contribution is -0.150. The first-order valence-electron chi connectivity index (χ1n) is 20.3. The van der Waals surface area contributed by atoms with Gasteiger partial charge in [-0.15, -0.1) is 0 Å². The zero-order valence-corrected chi connectivity index (χ0v) is 35.7. The van der Waals surface area contributed by atoms with Crippen LogP contribution in [0.5, 0.6) is 5.75 Å². The fourth-order valence-corrected chi connectivity index (χ4v) is 14.0.